The molecule has 0 unspecified atom stereocenters. The molecule has 1 heterocycles. The maximum atomic E-state index is 12.0. The van der Waals surface area contributed by atoms with Crippen molar-refractivity contribution in [3.63, 3.8) is 0 Å². The van der Waals surface area contributed by atoms with Crippen molar-refractivity contribution in [2.75, 3.05) is 19.5 Å². The molecule has 1 N–H and O–H groups in total. The summed E-state index contributed by atoms with van der Waals surface area (Å²) in [6, 6.07) is 11.2. The van der Waals surface area contributed by atoms with Gasteiger partial charge >= 0.3 is 0 Å². The Morgan fingerprint density at radius 1 is 1.11 bits per heavy atom. The number of ether oxygens (including phenoxy) is 2. The molecule has 0 bridgehead atoms. The maximum absolute atomic E-state index is 12.0. The summed E-state index contributed by atoms with van der Waals surface area (Å²) < 4.78 is 12.2. The molecule has 3 aromatic rings. The van der Waals surface area contributed by atoms with E-state index in [1.165, 1.54) is 14.0 Å². The van der Waals surface area contributed by atoms with Gasteiger partial charge in [0.25, 0.3) is 0 Å². The second-order valence-corrected chi connectivity index (χ2v) is 6.07. The minimum atomic E-state index is -0.0960. The number of hydrogen-bond donors (Lipinski definition) is 1. The third-order valence-corrected chi connectivity index (χ3v) is 4.15. The van der Waals surface area contributed by atoms with Gasteiger partial charge in [0.05, 0.1) is 25.6 Å². The van der Waals surface area contributed by atoms with Crippen LogP contribution in [-0.2, 0) is 0 Å². The first-order chi connectivity index (χ1) is 13.5. The Labute approximate surface area is 162 Å². The number of ketones is 1. The van der Waals surface area contributed by atoms with Gasteiger partial charge in [-0.15, -0.1) is 5.10 Å². The van der Waals surface area contributed by atoms with Gasteiger partial charge in [-0.2, -0.15) is 4.68 Å². The van der Waals surface area contributed by atoms with E-state index in [4.69, 9.17) is 9.47 Å². The number of rotatable bonds is 7. The smallest absolute Gasteiger partial charge is 0.181 e. The summed E-state index contributed by atoms with van der Waals surface area (Å²) in [6.07, 6.45) is 3.39. The molecule has 8 heteroatoms. The lowest BCUT2D eigenvalue weighted by atomic mass is 10.1. The molecule has 0 fully saturated rings. The zero-order chi connectivity index (χ0) is 20.1. The summed E-state index contributed by atoms with van der Waals surface area (Å²) in [7, 11) is 3.07. The second kappa shape index (κ2) is 8.34. The standard InChI is InChI=1S/C20H21N5O3/c1-13-5-7-15(8-6-13)25-20(22-23-24-25)9-10-21-17-12-19(28-4)18(27-3)11-16(17)14(2)26/h5-12,21H,1-4H3. The fourth-order valence-electron chi connectivity index (χ4n) is 2.66. The SMILES string of the molecule is COc1cc(NC=Cc2nnnn2-c2ccc(C)cc2)c(C(C)=O)cc1OC. The van der Waals surface area contributed by atoms with Gasteiger partial charge < -0.3 is 14.8 Å². The first-order valence-corrected chi connectivity index (χ1v) is 8.59. The molecule has 0 aliphatic heterocycles. The summed E-state index contributed by atoms with van der Waals surface area (Å²) >= 11 is 0. The molecule has 0 amide bonds. The van der Waals surface area contributed by atoms with Crippen LogP contribution in [0.5, 0.6) is 11.5 Å². The van der Waals surface area contributed by atoms with E-state index in [1.807, 2.05) is 31.2 Å². The predicted octanol–water partition coefficient (Wildman–Crippen LogP) is 3.27. The van der Waals surface area contributed by atoms with Crippen LogP contribution < -0.4 is 14.8 Å². The maximum Gasteiger partial charge on any atom is 0.181 e. The van der Waals surface area contributed by atoms with Gasteiger partial charge in [-0.3, -0.25) is 4.79 Å². The topological polar surface area (TPSA) is 91.2 Å². The fraction of sp³-hybridized carbons (Fsp3) is 0.200. The molecule has 0 saturated carbocycles. The first-order valence-electron chi connectivity index (χ1n) is 8.59. The third kappa shape index (κ3) is 4.01. The molecule has 2 aromatic carbocycles. The lowest BCUT2D eigenvalue weighted by molar-refractivity contribution is 0.101. The van der Waals surface area contributed by atoms with E-state index in [2.05, 4.69) is 20.8 Å². The van der Waals surface area contributed by atoms with Crippen molar-refractivity contribution in [2.45, 2.75) is 13.8 Å². The molecule has 28 heavy (non-hydrogen) atoms. The molecule has 8 nitrogen and oxygen atoms in total. The number of methoxy groups -OCH3 is 2. The summed E-state index contributed by atoms with van der Waals surface area (Å²) in [6.45, 7) is 3.51. The normalized spacial score (nSPS) is 10.9. The summed E-state index contributed by atoms with van der Waals surface area (Å²) in [5.41, 5.74) is 3.09. The number of carbonyl (C=O) groups is 1. The zero-order valence-electron chi connectivity index (χ0n) is 16.1. The Morgan fingerprint density at radius 3 is 2.43 bits per heavy atom. The number of aromatic nitrogens is 4. The monoisotopic (exact) mass is 379 g/mol. The molecule has 1 aromatic heterocycles. The van der Waals surface area contributed by atoms with E-state index in [0.29, 0.717) is 28.6 Å². The van der Waals surface area contributed by atoms with E-state index < -0.39 is 0 Å². The number of nitrogens with zero attached hydrogens (tertiary/aromatic N) is 4. The Hall–Kier alpha value is -3.68. The number of aryl methyl sites for hydroxylation is 1. The Bertz CT molecular complexity index is 1010. The second-order valence-electron chi connectivity index (χ2n) is 6.07. The van der Waals surface area contributed by atoms with Crippen LogP contribution in [0.15, 0.2) is 42.6 Å². The summed E-state index contributed by atoms with van der Waals surface area (Å²) in [4.78, 5) is 12.0. The van der Waals surface area contributed by atoms with Crippen molar-refractivity contribution in [3.05, 3.63) is 59.5 Å². The fourth-order valence-corrected chi connectivity index (χ4v) is 2.66. The van der Waals surface area contributed by atoms with Crippen LogP contribution in [0.2, 0.25) is 0 Å². The first kappa shape index (κ1) is 19.1. The Morgan fingerprint density at radius 2 is 1.79 bits per heavy atom. The molecule has 0 radical (unpaired) electrons. The number of benzene rings is 2. The van der Waals surface area contributed by atoms with Gasteiger partial charge in [-0.1, -0.05) is 17.7 Å². The Balaban J connectivity index is 1.87. The summed E-state index contributed by atoms with van der Waals surface area (Å²) in [5, 5.41) is 14.9. The number of carbonyl (C=O) groups excluding carboxylic acids is 1. The van der Waals surface area contributed by atoms with Crippen molar-refractivity contribution in [1.82, 2.24) is 20.2 Å². The number of tetrazole rings is 1. The Kier molecular flexibility index (Phi) is 5.69. The van der Waals surface area contributed by atoms with Crippen LogP contribution >= 0.6 is 0 Å². The summed E-state index contributed by atoms with van der Waals surface area (Å²) in [5.74, 6) is 1.46. The number of hydrogen-bond acceptors (Lipinski definition) is 7. The minimum Gasteiger partial charge on any atom is -0.493 e. The van der Waals surface area contributed by atoms with Crippen LogP contribution in [-0.4, -0.2) is 40.2 Å². The lowest BCUT2D eigenvalue weighted by Crippen LogP contribution is -2.03. The predicted molar refractivity (Wildman–Crippen MR) is 106 cm³/mol. The van der Waals surface area contributed by atoms with Crippen molar-refractivity contribution in [3.8, 4) is 17.2 Å². The highest BCUT2D eigenvalue weighted by atomic mass is 16.5. The van der Waals surface area contributed by atoms with Gasteiger partial charge in [-0.05, 0) is 42.5 Å². The quantitative estimate of drug-likeness (QED) is 0.630. The van der Waals surface area contributed by atoms with Crippen molar-refractivity contribution >= 4 is 17.5 Å². The third-order valence-electron chi connectivity index (χ3n) is 4.15. The van der Waals surface area contributed by atoms with Gasteiger partial charge in [-0.25, -0.2) is 0 Å². The van der Waals surface area contributed by atoms with Crippen molar-refractivity contribution < 1.29 is 14.3 Å². The molecule has 0 atom stereocenters. The van der Waals surface area contributed by atoms with Crippen LogP contribution in [0.4, 0.5) is 5.69 Å². The highest BCUT2D eigenvalue weighted by Crippen LogP contribution is 2.33. The number of Topliss-reactive ketones (excluding diaryl/α,β-unsaturated/α-hetero) is 1. The van der Waals surface area contributed by atoms with Crippen molar-refractivity contribution in [2.24, 2.45) is 0 Å². The number of anilines is 1. The molecule has 0 spiro atoms. The molecule has 0 saturated heterocycles. The van der Waals surface area contributed by atoms with Gasteiger partial charge in [0.1, 0.15) is 0 Å². The molecule has 3 rings (SSSR count). The largest absolute Gasteiger partial charge is 0.493 e. The average Bonchev–Trinajstić information content (AvgIpc) is 3.16. The molecular formula is C20H21N5O3. The lowest BCUT2D eigenvalue weighted by Gasteiger charge is -2.13. The highest BCUT2D eigenvalue weighted by Gasteiger charge is 2.13. The minimum absolute atomic E-state index is 0.0960. The average molecular weight is 379 g/mol. The van der Waals surface area contributed by atoms with Gasteiger partial charge in [0.2, 0.25) is 0 Å². The van der Waals surface area contributed by atoms with Crippen molar-refractivity contribution in [1.29, 1.82) is 0 Å². The molecule has 0 aliphatic rings. The van der Waals surface area contributed by atoms with Gasteiger partial charge in [0.15, 0.2) is 23.1 Å². The number of nitrogens with one attached hydrogen (secondary N) is 1. The van der Waals surface area contributed by atoms with Gasteiger partial charge in [0, 0.05) is 23.9 Å². The van der Waals surface area contributed by atoms with E-state index in [1.54, 1.807) is 36.2 Å². The van der Waals surface area contributed by atoms with E-state index in [0.717, 1.165) is 11.3 Å². The van der Waals surface area contributed by atoms with E-state index in [-0.39, 0.29) is 5.78 Å². The van der Waals surface area contributed by atoms with E-state index >= 15 is 0 Å². The highest BCUT2D eigenvalue weighted by molar-refractivity contribution is 6.00. The van der Waals surface area contributed by atoms with E-state index in [9.17, 15) is 4.79 Å². The molecular weight excluding hydrogens is 358 g/mol. The van der Waals surface area contributed by atoms with Crippen LogP contribution in [0.25, 0.3) is 11.8 Å². The zero-order valence-corrected chi connectivity index (χ0v) is 16.1. The molecule has 144 valence electrons. The van der Waals surface area contributed by atoms with Crippen LogP contribution in [0, 0.1) is 6.92 Å². The van der Waals surface area contributed by atoms with Crippen LogP contribution in [0.1, 0.15) is 28.7 Å². The molecule has 0 aliphatic carbocycles. The van der Waals surface area contributed by atoms with Crippen LogP contribution in [0.3, 0.4) is 0 Å².